The van der Waals surface area contributed by atoms with Crippen molar-refractivity contribution in [2.75, 3.05) is 5.32 Å². The van der Waals surface area contributed by atoms with E-state index in [-0.39, 0.29) is 5.91 Å². The van der Waals surface area contributed by atoms with Crippen molar-refractivity contribution in [1.29, 1.82) is 0 Å². The predicted molar refractivity (Wildman–Crippen MR) is 74.0 cm³/mol. The minimum atomic E-state index is -0.561. The molecule has 0 aliphatic carbocycles. The number of aryl methyl sites for hydroxylation is 1. The number of aliphatic hydroxyl groups excluding tert-OH is 1. The molecule has 0 spiro atoms. The zero-order valence-corrected chi connectivity index (χ0v) is 10.9. The van der Waals surface area contributed by atoms with Crippen molar-refractivity contribution < 1.29 is 9.90 Å². The first-order valence-corrected chi connectivity index (χ1v) is 6.09. The fraction of sp³-hybridized carbons (Fsp3) is 0.200. The van der Waals surface area contributed by atoms with Crippen molar-refractivity contribution in [3.63, 3.8) is 0 Å². The summed E-state index contributed by atoms with van der Waals surface area (Å²) >= 11 is 0. The third kappa shape index (κ3) is 3.39. The van der Waals surface area contributed by atoms with E-state index in [1.807, 2.05) is 19.1 Å². The Morgan fingerprint density at radius 3 is 2.68 bits per heavy atom. The lowest BCUT2D eigenvalue weighted by Gasteiger charge is -2.09. The molecule has 1 heterocycles. The second-order valence-electron chi connectivity index (χ2n) is 4.42. The standard InChI is InChI=1S/C15H16N2O2/c1-10-5-3-8-14(16-10)15(19)17-13-7-4-6-12(9-13)11(2)18/h3-9,11,18H,1-2H3,(H,17,19). The van der Waals surface area contributed by atoms with E-state index in [2.05, 4.69) is 10.3 Å². The Morgan fingerprint density at radius 1 is 1.26 bits per heavy atom. The maximum Gasteiger partial charge on any atom is 0.274 e. The number of rotatable bonds is 3. The molecule has 1 atom stereocenters. The van der Waals surface area contributed by atoms with Gasteiger partial charge < -0.3 is 10.4 Å². The van der Waals surface area contributed by atoms with Crippen LogP contribution in [0.5, 0.6) is 0 Å². The third-order valence-corrected chi connectivity index (χ3v) is 2.75. The molecule has 4 heteroatoms. The summed E-state index contributed by atoms with van der Waals surface area (Å²) in [7, 11) is 0. The molecular formula is C15H16N2O2. The van der Waals surface area contributed by atoms with Gasteiger partial charge in [0.25, 0.3) is 5.91 Å². The summed E-state index contributed by atoms with van der Waals surface area (Å²) in [4.78, 5) is 16.2. The Labute approximate surface area is 112 Å². The molecule has 2 rings (SSSR count). The van der Waals surface area contributed by atoms with Crippen LogP contribution < -0.4 is 5.32 Å². The summed E-state index contributed by atoms with van der Waals surface area (Å²) in [6.07, 6.45) is -0.561. The van der Waals surface area contributed by atoms with Gasteiger partial charge in [-0.1, -0.05) is 18.2 Å². The normalized spacial score (nSPS) is 11.9. The molecule has 2 N–H and O–H groups in total. The van der Waals surface area contributed by atoms with Crippen LogP contribution in [0.15, 0.2) is 42.5 Å². The molecule has 1 unspecified atom stereocenters. The van der Waals surface area contributed by atoms with E-state index in [1.165, 1.54) is 0 Å². The number of hydrogen-bond donors (Lipinski definition) is 2. The lowest BCUT2D eigenvalue weighted by atomic mass is 10.1. The second kappa shape index (κ2) is 5.63. The number of nitrogens with one attached hydrogen (secondary N) is 1. The average Bonchev–Trinajstić information content (AvgIpc) is 2.39. The Balaban J connectivity index is 2.17. The molecule has 1 aromatic heterocycles. The van der Waals surface area contributed by atoms with Crippen molar-refractivity contribution in [3.05, 3.63) is 59.4 Å². The fourth-order valence-electron chi connectivity index (χ4n) is 1.74. The van der Waals surface area contributed by atoms with Crippen molar-refractivity contribution in [2.45, 2.75) is 20.0 Å². The van der Waals surface area contributed by atoms with Crippen LogP contribution in [0.3, 0.4) is 0 Å². The highest BCUT2D eigenvalue weighted by molar-refractivity contribution is 6.02. The molecule has 0 aliphatic rings. The molecule has 4 nitrogen and oxygen atoms in total. The number of aliphatic hydroxyl groups is 1. The molecule has 0 saturated carbocycles. The van der Waals surface area contributed by atoms with Crippen molar-refractivity contribution in [1.82, 2.24) is 4.98 Å². The van der Waals surface area contributed by atoms with Crippen LogP contribution in [-0.2, 0) is 0 Å². The van der Waals surface area contributed by atoms with Crippen LogP contribution >= 0.6 is 0 Å². The van der Waals surface area contributed by atoms with Gasteiger partial charge in [-0.05, 0) is 43.7 Å². The second-order valence-corrected chi connectivity index (χ2v) is 4.42. The van der Waals surface area contributed by atoms with Crippen LogP contribution in [0.25, 0.3) is 0 Å². The minimum absolute atomic E-state index is 0.258. The number of carbonyl (C=O) groups is 1. The monoisotopic (exact) mass is 256 g/mol. The van der Waals surface area contributed by atoms with E-state index < -0.39 is 6.10 Å². The summed E-state index contributed by atoms with van der Waals surface area (Å²) in [5.74, 6) is -0.258. The summed E-state index contributed by atoms with van der Waals surface area (Å²) in [6.45, 7) is 3.52. The van der Waals surface area contributed by atoms with Gasteiger partial charge in [0.15, 0.2) is 0 Å². The van der Waals surface area contributed by atoms with E-state index in [4.69, 9.17) is 0 Å². The first-order valence-electron chi connectivity index (χ1n) is 6.09. The molecule has 2 aromatic rings. The van der Waals surface area contributed by atoms with Crippen molar-refractivity contribution in [2.24, 2.45) is 0 Å². The quantitative estimate of drug-likeness (QED) is 0.887. The fourth-order valence-corrected chi connectivity index (χ4v) is 1.74. The molecule has 1 amide bonds. The van der Waals surface area contributed by atoms with Crippen LogP contribution in [-0.4, -0.2) is 16.0 Å². The number of pyridine rings is 1. The molecular weight excluding hydrogens is 240 g/mol. The molecule has 19 heavy (non-hydrogen) atoms. The van der Waals surface area contributed by atoms with E-state index in [0.29, 0.717) is 11.4 Å². The maximum absolute atomic E-state index is 12.0. The van der Waals surface area contributed by atoms with Gasteiger partial charge in [-0.2, -0.15) is 0 Å². The van der Waals surface area contributed by atoms with Gasteiger partial charge in [-0.15, -0.1) is 0 Å². The first kappa shape index (κ1) is 13.2. The smallest absolute Gasteiger partial charge is 0.274 e. The number of benzene rings is 1. The highest BCUT2D eigenvalue weighted by atomic mass is 16.3. The van der Waals surface area contributed by atoms with Gasteiger partial charge >= 0.3 is 0 Å². The highest BCUT2D eigenvalue weighted by Gasteiger charge is 2.08. The predicted octanol–water partition coefficient (Wildman–Crippen LogP) is 2.70. The Morgan fingerprint density at radius 2 is 2.00 bits per heavy atom. The number of hydrogen-bond acceptors (Lipinski definition) is 3. The Hall–Kier alpha value is -2.20. The van der Waals surface area contributed by atoms with E-state index >= 15 is 0 Å². The number of anilines is 1. The molecule has 1 aromatic carbocycles. The highest BCUT2D eigenvalue weighted by Crippen LogP contribution is 2.17. The zero-order chi connectivity index (χ0) is 13.8. The SMILES string of the molecule is Cc1cccc(C(=O)Nc2cccc(C(C)O)c2)n1. The van der Waals surface area contributed by atoms with Gasteiger partial charge in [0, 0.05) is 11.4 Å². The van der Waals surface area contributed by atoms with Crippen LogP contribution in [0.4, 0.5) is 5.69 Å². The number of aromatic nitrogens is 1. The lowest BCUT2D eigenvalue weighted by molar-refractivity contribution is 0.102. The topological polar surface area (TPSA) is 62.2 Å². The molecule has 0 saturated heterocycles. The molecule has 0 aliphatic heterocycles. The Bertz CT molecular complexity index is 594. The van der Waals surface area contributed by atoms with Crippen molar-refractivity contribution in [3.8, 4) is 0 Å². The van der Waals surface area contributed by atoms with Gasteiger partial charge in [0.2, 0.25) is 0 Å². The summed E-state index contributed by atoms with van der Waals surface area (Å²) in [5, 5.41) is 12.3. The minimum Gasteiger partial charge on any atom is -0.389 e. The molecule has 0 radical (unpaired) electrons. The van der Waals surface area contributed by atoms with Crippen LogP contribution in [0.1, 0.15) is 34.8 Å². The van der Waals surface area contributed by atoms with E-state index in [9.17, 15) is 9.90 Å². The number of amides is 1. The summed E-state index contributed by atoms with van der Waals surface area (Å²) < 4.78 is 0. The summed E-state index contributed by atoms with van der Waals surface area (Å²) in [6, 6.07) is 12.4. The maximum atomic E-state index is 12.0. The van der Waals surface area contributed by atoms with E-state index in [1.54, 1.807) is 37.3 Å². The van der Waals surface area contributed by atoms with Gasteiger partial charge in [0.1, 0.15) is 5.69 Å². The largest absolute Gasteiger partial charge is 0.389 e. The van der Waals surface area contributed by atoms with Gasteiger partial charge in [-0.3, -0.25) is 4.79 Å². The third-order valence-electron chi connectivity index (χ3n) is 2.75. The number of carbonyl (C=O) groups excluding carboxylic acids is 1. The van der Waals surface area contributed by atoms with Crippen LogP contribution in [0.2, 0.25) is 0 Å². The zero-order valence-electron chi connectivity index (χ0n) is 10.9. The average molecular weight is 256 g/mol. The molecule has 0 bridgehead atoms. The van der Waals surface area contributed by atoms with E-state index in [0.717, 1.165) is 11.3 Å². The van der Waals surface area contributed by atoms with Crippen LogP contribution in [0, 0.1) is 6.92 Å². The number of nitrogens with zero attached hydrogens (tertiary/aromatic N) is 1. The molecule has 98 valence electrons. The van der Waals surface area contributed by atoms with Gasteiger partial charge in [-0.25, -0.2) is 4.98 Å². The van der Waals surface area contributed by atoms with Gasteiger partial charge in [0.05, 0.1) is 6.10 Å². The lowest BCUT2D eigenvalue weighted by Crippen LogP contribution is -2.14. The first-order chi connectivity index (χ1) is 9.06. The van der Waals surface area contributed by atoms with Crippen molar-refractivity contribution >= 4 is 11.6 Å². The molecule has 0 fully saturated rings. The Kier molecular flexibility index (Phi) is 3.92. The summed E-state index contributed by atoms with van der Waals surface area (Å²) in [5.41, 5.74) is 2.58.